The van der Waals surface area contributed by atoms with Crippen molar-refractivity contribution in [2.45, 2.75) is 57.6 Å². The lowest BCUT2D eigenvalue weighted by atomic mass is 9.89. The first-order chi connectivity index (χ1) is 10.9. The van der Waals surface area contributed by atoms with Crippen LogP contribution in [0.15, 0.2) is 24.3 Å². The van der Waals surface area contributed by atoms with Crippen LogP contribution >= 0.6 is 0 Å². The van der Waals surface area contributed by atoms with Gasteiger partial charge in [-0.15, -0.1) is 0 Å². The lowest BCUT2D eigenvalue weighted by molar-refractivity contribution is 0.0676. The van der Waals surface area contributed by atoms with Crippen molar-refractivity contribution < 1.29 is 9.47 Å². The standard InChI is InChI=1S/C19H29NO2/c1-2-7-16(8-3-1)13-20-14-17-9-4-5-11-19(17)22-15-18-10-6-12-21-18/h4-5,9,11,16,18,20H,1-3,6-8,10,12-15H2. The number of benzene rings is 1. The van der Waals surface area contributed by atoms with E-state index in [0.29, 0.717) is 6.61 Å². The summed E-state index contributed by atoms with van der Waals surface area (Å²) in [7, 11) is 0. The van der Waals surface area contributed by atoms with Gasteiger partial charge in [0.05, 0.1) is 6.10 Å². The van der Waals surface area contributed by atoms with Crippen LogP contribution in [-0.2, 0) is 11.3 Å². The van der Waals surface area contributed by atoms with Gasteiger partial charge in [-0.2, -0.15) is 0 Å². The maximum Gasteiger partial charge on any atom is 0.123 e. The fraction of sp³-hybridized carbons (Fsp3) is 0.684. The number of nitrogens with one attached hydrogen (secondary N) is 1. The summed E-state index contributed by atoms with van der Waals surface area (Å²) in [6, 6.07) is 8.39. The molecule has 1 atom stereocenters. The highest BCUT2D eigenvalue weighted by Gasteiger charge is 2.17. The Morgan fingerprint density at radius 2 is 1.91 bits per heavy atom. The first kappa shape index (κ1) is 15.8. The molecule has 1 N–H and O–H groups in total. The molecule has 0 radical (unpaired) electrons. The third-order valence-electron chi connectivity index (χ3n) is 4.89. The van der Waals surface area contributed by atoms with E-state index in [2.05, 4.69) is 29.6 Å². The van der Waals surface area contributed by atoms with Crippen LogP contribution in [0, 0.1) is 5.92 Å². The highest BCUT2D eigenvalue weighted by atomic mass is 16.5. The van der Waals surface area contributed by atoms with Crippen molar-refractivity contribution in [1.82, 2.24) is 5.32 Å². The molecular formula is C19H29NO2. The number of para-hydroxylation sites is 1. The number of hydrogen-bond acceptors (Lipinski definition) is 3. The van der Waals surface area contributed by atoms with Crippen LogP contribution in [0.4, 0.5) is 0 Å². The van der Waals surface area contributed by atoms with Crippen LogP contribution in [-0.4, -0.2) is 25.9 Å². The second-order valence-electron chi connectivity index (χ2n) is 6.69. The maximum atomic E-state index is 6.00. The second kappa shape index (κ2) is 8.54. The molecule has 1 heterocycles. The molecule has 3 heteroatoms. The lowest BCUT2D eigenvalue weighted by Crippen LogP contribution is -2.24. The van der Waals surface area contributed by atoms with E-state index in [9.17, 15) is 0 Å². The van der Waals surface area contributed by atoms with Gasteiger partial charge in [0.15, 0.2) is 0 Å². The molecule has 22 heavy (non-hydrogen) atoms. The smallest absolute Gasteiger partial charge is 0.123 e. The van der Waals surface area contributed by atoms with Gasteiger partial charge < -0.3 is 14.8 Å². The van der Waals surface area contributed by atoms with Crippen molar-refractivity contribution in [3.8, 4) is 5.75 Å². The highest BCUT2D eigenvalue weighted by Crippen LogP contribution is 2.24. The highest BCUT2D eigenvalue weighted by molar-refractivity contribution is 5.33. The summed E-state index contributed by atoms with van der Waals surface area (Å²) >= 11 is 0. The Morgan fingerprint density at radius 3 is 2.73 bits per heavy atom. The summed E-state index contributed by atoms with van der Waals surface area (Å²) < 4.78 is 11.6. The fourth-order valence-electron chi connectivity index (χ4n) is 3.55. The summed E-state index contributed by atoms with van der Waals surface area (Å²) in [5, 5.41) is 3.63. The van der Waals surface area contributed by atoms with Crippen LogP contribution in [0.3, 0.4) is 0 Å². The molecule has 3 rings (SSSR count). The molecule has 1 aliphatic carbocycles. The Kier molecular flexibility index (Phi) is 6.14. The van der Waals surface area contributed by atoms with Crippen molar-refractivity contribution in [3.63, 3.8) is 0 Å². The van der Waals surface area contributed by atoms with E-state index >= 15 is 0 Å². The van der Waals surface area contributed by atoms with Gasteiger partial charge >= 0.3 is 0 Å². The Labute approximate surface area is 134 Å². The monoisotopic (exact) mass is 303 g/mol. The van der Waals surface area contributed by atoms with E-state index in [0.717, 1.165) is 37.8 Å². The molecule has 0 amide bonds. The molecule has 1 saturated heterocycles. The first-order valence-corrected chi connectivity index (χ1v) is 8.95. The van der Waals surface area contributed by atoms with Gasteiger partial charge in [0.1, 0.15) is 12.4 Å². The summed E-state index contributed by atoms with van der Waals surface area (Å²) in [4.78, 5) is 0. The van der Waals surface area contributed by atoms with E-state index in [4.69, 9.17) is 9.47 Å². The molecule has 1 aromatic carbocycles. The fourth-order valence-corrected chi connectivity index (χ4v) is 3.55. The van der Waals surface area contributed by atoms with Crippen molar-refractivity contribution in [2.24, 2.45) is 5.92 Å². The Balaban J connectivity index is 1.45. The zero-order chi connectivity index (χ0) is 15.0. The average molecular weight is 303 g/mol. The lowest BCUT2D eigenvalue weighted by Gasteiger charge is -2.22. The summed E-state index contributed by atoms with van der Waals surface area (Å²) in [5.41, 5.74) is 1.26. The van der Waals surface area contributed by atoms with Gasteiger partial charge in [-0.3, -0.25) is 0 Å². The van der Waals surface area contributed by atoms with E-state index in [1.54, 1.807) is 0 Å². The second-order valence-corrected chi connectivity index (χ2v) is 6.69. The molecule has 1 aromatic rings. The van der Waals surface area contributed by atoms with Crippen LogP contribution < -0.4 is 10.1 Å². The molecule has 3 nitrogen and oxygen atoms in total. The minimum atomic E-state index is 0.281. The third-order valence-corrected chi connectivity index (χ3v) is 4.89. The van der Waals surface area contributed by atoms with Gasteiger partial charge in [0, 0.05) is 18.7 Å². The SMILES string of the molecule is c1ccc(OCC2CCCO2)c(CNCC2CCCCC2)c1. The van der Waals surface area contributed by atoms with E-state index in [1.807, 2.05) is 0 Å². The van der Waals surface area contributed by atoms with E-state index in [1.165, 1.54) is 44.1 Å². The van der Waals surface area contributed by atoms with Gasteiger partial charge in [-0.1, -0.05) is 37.5 Å². The Morgan fingerprint density at radius 1 is 1.05 bits per heavy atom. The van der Waals surface area contributed by atoms with Crippen molar-refractivity contribution >= 4 is 0 Å². The molecule has 0 bridgehead atoms. The van der Waals surface area contributed by atoms with E-state index in [-0.39, 0.29) is 6.10 Å². The third kappa shape index (κ3) is 4.72. The van der Waals surface area contributed by atoms with Crippen LogP contribution in [0.25, 0.3) is 0 Å². The molecule has 122 valence electrons. The Hall–Kier alpha value is -1.06. The summed E-state index contributed by atoms with van der Waals surface area (Å²) in [6.45, 7) is 3.61. The first-order valence-electron chi connectivity index (χ1n) is 8.95. The van der Waals surface area contributed by atoms with Crippen LogP contribution in [0.5, 0.6) is 5.75 Å². The minimum absolute atomic E-state index is 0.281. The Bertz CT molecular complexity index is 437. The average Bonchev–Trinajstić information content (AvgIpc) is 3.08. The molecular weight excluding hydrogens is 274 g/mol. The molecule has 1 unspecified atom stereocenters. The summed E-state index contributed by atoms with van der Waals surface area (Å²) in [6.07, 6.45) is 9.61. The normalized spacial score (nSPS) is 22.8. The molecule has 2 aliphatic rings. The predicted molar refractivity (Wildman–Crippen MR) is 89.2 cm³/mol. The van der Waals surface area contributed by atoms with Crippen LogP contribution in [0.2, 0.25) is 0 Å². The van der Waals surface area contributed by atoms with Gasteiger partial charge in [0.2, 0.25) is 0 Å². The number of rotatable bonds is 7. The molecule has 0 aromatic heterocycles. The molecule has 2 fully saturated rings. The van der Waals surface area contributed by atoms with E-state index < -0.39 is 0 Å². The zero-order valence-corrected chi connectivity index (χ0v) is 13.6. The summed E-state index contributed by atoms with van der Waals surface area (Å²) in [5.74, 6) is 1.88. The number of ether oxygens (including phenoxy) is 2. The minimum Gasteiger partial charge on any atom is -0.491 e. The predicted octanol–water partition coefficient (Wildman–Crippen LogP) is 3.91. The largest absolute Gasteiger partial charge is 0.491 e. The molecule has 1 aliphatic heterocycles. The molecule has 0 spiro atoms. The van der Waals surface area contributed by atoms with Crippen LogP contribution in [0.1, 0.15) is 50.5 Å². The van der Waals surface area contributed by atoms with Gasteiger partial charge in [-0.25, -0.2) is 0 Å². The topological polar surface area (TPSA) is 30.5 Å². The maximum absolute atomic E-state index is 6.00. The van der Waals surface area contributed by atoms with Crippen molar-refractivity contribution in [3.05, 3.63) is 29.8 Å². The quantitative estimate of drug-likeness (QED) is 0.828. The van der Waals surface area contributed by atoms with Crippen molar-refractivity contribution in [2.75, 3.05) is 19.8 Å². The van der Waals surface area contributed by atoms with Crippen molar-refractivity contribution in [1.29, 1.82) is 0 Å². The van der Waals surface area contributed by atoms with Gasteiger partial charge in [0.25, 0.3) is 0 Å². The molecule has 1 saturated carbocycles. The number of hydrogen-bond donors (Lipinski definition) is 1. The zero-order valence-electron chi connectivity index (χ0n) is 13.6. The van der Waals surface area contributed by atoms with Gasteiger partial charge in [-0.05, 0) is 44.2 Å².